The van der Waals surface area contributed by atoms with E-state index in [0.717, 1.165) is 25.1 Å². The van der Waals surface area contributed by atoms with Crippen molar-refractivity contribution in [1.82, 2.24) is 15.5 Å². The molecule has 2 aliphatic rings. The fourth-order valence-corrected chi connectivity index (χ4v) is 2.95. The maximum atomic E-state index is 11.8. The largest absolute Gasteiger partial charge is 0.355 e. The molecular formula is C11H15N3O. The topological polar surface area (TPSA) is 57.8 Å². The predicted octanol–water partition coefficient (Wildman–Crippen LogP) is 1.10. The van der Waals surface area contributed by atoms with Crippen molar-refractivity contribution in [1.29, 1.82) is 0 Å². The molecule has 80 valence electrons. The first-order chi connectivity index (χ1) is 7.24. The molecule has 4 nitrogen and oxygen atoms in total. The van der Waals surface area contributed by atoms with Gasteiger partial charge in [0, 0.05) is 18.2 Å². The normalized spacial score (nSPS) is 27.8. The van der Waals surface area contributed by atoms with Gasteiger partial charge in [0.2, 0.25) is 5.91 Å². The first-order valence-electron chi connectivity index (χ1n) is 5.52. The van der Waals surface area contributed by atoms with Crippen LogP contribution in [0.1, 0.15) is 36.4 Å². The van der Waals surface area contributed by atoms with Crippen molar-refractivity contribution in [3.05, 3.63) is 17.5 Å². The van der Waals surface area contributed by atoms with Gasteiger partial charge in [-0.25, -0.2) is 0 Å². The number of nitrogens with one attached hydrogen (secondary N) is 2. The molecule has 1 saturated heterocycles. The SMILES string of the molecule is Cc1cn[nH]c1C1CNC(=O)C12CCC2. The van der Waals surface area contributed by atoms with Crippen molar-refractivity contribution in [2.24, 2.45) is 5.41 Å². The summed E-state index contributed by atoms with van der Waals surface area (Å²) >= 11 is 0. The zero-order chi connectivity index (χ0) is 10.5. The number of carbonyl (C=O) groups is 1. The summed E-state index contributed by atoms with van der Waals surface area (Å²) in [7, 11) is 0. The maximum absolute atomic E-state index is 11.8. The second-order valence-electron chi connectivity index (χ2n) is 4.74. The predicted molar refractivity (Wildman–Crippen MR) is 55.4 cm³/mol. The number of hydrogen-bond donors (Lipinski definition) is 2. The van der Waals surface area contributed by atoms with Crippen LogP contribution in [-0.4, -0.2) is 22.6 Å². The van der Waals surface area contributed by atoms with E-state index in [0.29, 0.717) is 5.92 Å². The van der Waals surface area contributed by atoms with E-state index in [9.17, 15) is 4.79 Å². The summed E-state index contributed by atoms with van der Waals surface area (Å²) in [6.45, 7) is 2.82. The molecule has 2 fully saturated rings. The summed E-state index contributed by atoms with van der Waals surface area (Å²) in [5.41, 5.74) is 2.20. The van der Waals surface area contributed by atoms with Crippen molar-refractivity contribution in [3.8, 4) is 0 Å². The van der Waals surface area contributed by atoms with E-state index < -0.39 is 0 Å². The number of rotatable bonds is 1. The standard InChI is InChI=1S/C11H15N3O/c1-7-5-13-14-9(7)8-6-12-10(15)11(8)3-2-4-11/h5,8H,2-4,6H2,1H3,(H,12,15)(H,13,14). The van der Waals surface area contributed by atoms with Gasteiger partial charge in [-0.1, -0.05) is 6.42 Å². The van der Waals surface area contributed by atoms with Gasteiger partial charge in [-0.05, 0) is 25.3 Å². The molecule has 1 aromatic rings. The summed E-state index contributed by atoms with van der Waals surface area (Å²) in [5.74, 6) is 0.550. The Bertz CT molecular complexity index is 406. The molecule has 1 aromatic heterocycles. The number of H-pyrrole nitrogens is 1. The number of aromatic nitrogens is 2. The van der Waals surface area contributed by atoms with Gasteiger partial charge in [-0.2, -0.15) is 5.10 Å². The van der Waals surface area contributed by atoms with Crippen LogP contribution in [0.3, 0.4) is 0 Å². The molecule has 1 unspecified atom stereocenters. The Balaban J connectivity index is 2.00. The molecule has 3 rings (SSSR count). The molecule has 1 aliphatic carbocycles. The Morgan fingerprint density at radius 2 is 2.33 bits per heavy atom. The Morgan fingerprint density at radius 3 is 2.87 bits per heavy atom. The maximum Gasteiger partial charge on any atom is 0.226 e. The number of hydrogen-bond acceptors (Lipinski definition) is 2. The quantitative estimate of drug-likeness (QED) is 0.721. The van der Waals surface area contributed by atoms with E-state index in [2.05, 4.69) is 15.5 Å². The molecular weight excluding hydrogens is 190 g/mol. The minimum absolute atomic E-state index is 0.114. The van der Waals surface area contributed by atoms with Crippen LogP contribution in [0, 0.1) is 12.3 Å². The molecule has 2 heterocycles. The number of amides is 1. The summed E-state index contributed by atoms with van der Waals surface area (Å²) in [6.07, 6.45) is 5.07. The van der Waals surface area contributed by atoms with Gasteiger partial charge in [0.1, 0.15) is 0 Å². The van der Waals surface area contributed by atoms with Crippen molar-refractivity contribution in [2.45, 2.75) is 32.1 Å². The highest BCUT2D eigenvalue weighted by Gasteiger charge is 2.55. The fourth-order valence-electron chi connectivity index (χ4n) is 2.95. The second-order valence-corrected chi connectivity index (χ2v) is 4.74. The molecule has 15 heavy (non-hydrogen) atoms. The Labute approximate surface area is 88.4 Å². The van der Waals surface area contributed by atoms with Gasteiger partial charge in [-0.3, -0.25) is 9.89 Å². The van der Waals surface area contributed by atoms with E-state index in [1.165, 1.54) is 12.0 Å². The van der Waals surface area contributed by atoms with Crippen molar-refractivity contribution in [2.75, 3.05) is 6.54 Å². The summed E-state index contributed by atoms with van der Waals surface area (Å²) in [5, 5.41) is 10.1. The van der Waals surface area contributed by atoms with Crippen LogP contribution in [0.15, 0.2) is 6.20 Å². The first kappa shape index (κ1) is 8.95. The summed E-state index contributed by atoms with van der Waals surface area (Å²) < 4.78 is 0. The summed E-state index contributed by atoms with van der Waals surface area (Å²) in [4.78, 5) is 11.8. The van der Waals surface area contributed by atoms with Gasteiger partial charge >= 0.3 is 0 Å². The average Bonchev–Trinajstić information content (AvgIpc) is 2.67. The molecule has 0 bridgehead atoms. The van der Waals surface area contributed by atoms with Crippen LogP contribution in [-0.2, 0) is 4.79 Å². The Morgan fingerprint density at radius 1 is 1.53 bits per heavy atom. The molecule has 1 amide bonds. The zero-order valence-corrected chi connectivity index (χ0v) is 8.84. The fraction of sp³-hybridized carbons (Fsp3) is 0.636. The highest BCUT2D eigenvalue weighted by molar-refractivity contribution is 5.87. The van der Waals surface area contributed by atoms with Gasteiger partial charge in [0.15, 0.2) is 0 Å². The first-order valence-corrected chi connectivity index (χ1v) is 5.52. The van der Waals surface area contributed by atoms with E-state index in [-0.39, 0.29) is 11.3 Å². The summed E-state index contributed by atoms with van der Waals surface area (Å²) in [6, 6.07) is 0. The highest BCUT2D eigenvalue weighted by Crippen LogP contribution is 2.54. The number of aryl methyl sites for hydroxylation is 1. The molecule has 1 saturated carbocycles. The van der Waals surface area contributed by atoms with Gasteiger partial charge in [-0.15, -0.1) is 0 Å². The third-order valence-electron chi connectivity index (χ3n) is 4.05. The van der Waals surface area contributed by atoms with Crippen LogP contribution in [0.2, 0.25) is 0 Å². The van der Waals surface area contributed by atoms with Crippen LogP contribution in [0.25, 0.3) is 0 Å². The van der Waals surface area contributed by atoms with E-state index in [4.69, 9.17) is 0 Å². The molecule has 1 aliphatic heterocycles. The molecule has 1 spiro atoms. The Hall–Kier alpha value is -1.32. The average molecular weight is 205 g/mol. The van der Waals surface area contributed by atoms with Crippen molar-refractivity contribution >= 4 is 5.91 Å². The highest BCUT2D eigenvalue weighted by atomic mass is 16.2. The van der Waals surface area contributed by atoms with Gasteiger partial charge in [0.05, 0.1) is 11.6 Å². The van der Waals surface area contributed by atoms with Crippen LogP contribution in [0.5, 0.6) is 0 Å². The monoisotopic (exact) mass is 205 g/mol. The van der Waals surface area contributed by atoms with Crippen molar-refractivity contribution < 1.29 is 4.79 Å². The lowest BCUT2D eigenvalue weighted by atomic mass is 9.61. The lowest BCUT2D eigenvalue weighted by Gasteiger charge is -2.40. The smallest absolute Gasteiger partial charge is 0.226 e. The molecule has 4 heteroatoms. The number of aromatic amines is 1. The van der Waals surface area contributed by atoms with Crippen LogP contribution < -0.4 is 5.32 Å². The van der Waals surface area contributed by atoms with Crippen molar-refractivity contribution in [3.63, 3.8) is 0 Å². The third-order valence-corrected chi connectivity index (χ3v) is 4.05. The number of carbonyl (C=O) groups excluding carboxylic acids is 1. The number of nitrogens with zero attached hydrogens (tertiary/aromatic N) is 1. The van der Waals surface area contributed by atoms with E-state index in [1.54, 1.807) is 0 Å². The zero-order valence-electron chi connectivity index (χ0n) is 8.84. The van der Waals surface area contributed by atoms with Gasteiger partial charge < -0.3 is 5.32 Å². The lowest BCUT2D eigenvalue weighted by molar-refractivity contribution is -0.132. The lowest BCUT2D eigenvalue weighted by Crippen LogP contribution is -2.40. The molecule has 0 radical (unpaired) electrons. The van der Waals surface area contributed by atoms with Crippen LogP contribution >= 0.6 is 0 Å². The molecule has 0 aromatic carbocycles. The minimum atomic E-state index is -0.114. The van der Waals surface area contributed by atoms with E-state index in [1.807, 2.05) is 13.1 Å². The van der Waals surface area contributed by atoms with Gasteiger partial charge in [0.25, 0.3) is 0 Å². The second kappa shape index (κ2) is 2.84. The molecule has 1 atom stereocenters. The Kier molecular flexibility index (Phi) is 1.69. The van der Waals surface area contributed by atoms with Crippen LogP contribution in [0.4, 0.5) is 0 Å². The molecule has 2 N–H and O–H groups in total. The third kappa shape index (κ3) is 1.02. The minimum Gasteiger partial charge on any atom is -0.355 e. The van der Waals surface area contributed by atoms with E-state index >= 15 is 0 Å².